The lowest BCUT2D eigenvalue weighted by atomic mass is 10.2. The molecule has 2 aromatic carbocycles. The van der Waals surface area contributed by atoms with Crippen LogP contribution in [-0.4, -0.2) is 18.3 Å². The van der Waals surface area contributed by atoms with E-state index in [4.69, 9.17) is 0 Å². The van der Waals surface area contributed by atoms with Crippen LogP contribution in [0.1, 0.15) is 5.56 Å². The minimum absolute atomic E-state index is 0.0566. The second kappa shape index (κ2) is 8.58. The van der Waals surface area contributed by atoms with Gasteiger partial charge in [0.15, 0.2) is 11.6 Å². The SMILES string of the molecule is O=C(CSCc1cccc(F)c1F)Nc1ccccc1OC(F)F. The van der Waals surface area contributed by atoms with Crippen LogP contribution in [0.25, 0.3) is 0 Å². The van der Waals surface area contributed by atoms with E-state index in [0.29, 0.717) is 0 Å². The molecule has 0 bridgehead atoms. The number of para-hydroxylation sites is 2. The monoisotopic (exact) mass is 359 g/mol. The van der Waals surface area contributed by atoms with E-state index in [0.717, 1.165) is 17.8 Å². The van der Waals surface area contributed by atoms with Crippen molar-refractivity contribution < 1.29 is 27.1 Å². The Bertz CT molecular complexity index is 712. The molecular weight excluding hydrogens is 346 g/mol. The molecule has 128 valence electrons. The van der Waals surface area contributed by atoms with Crippen molar-refractivity contribution >= 4 is 23.4 Å². The molecule has 0 heterocycles. The summed E-state index contributed by atoms with van der Waals surface area (Å²) in [5, 5.41) is 2.44. The molecular formula is C16H13F4NO2S. The molecule has 0 fully saturated rings. The first kappa shape index (κ1) is 18.1. The number of hydrogen-bond acceptors (Lipinski definition) is 3. The van der Waals surface area contributed by atoms with Gasteiger partial charge in [-0.15, -0.1) is 11.8 Å². The van der Waals surface area contributed by atoms with Gasteiger partial charge >= 0.3 is 6.61 Å². The number of anilines is 1. The van der Waals surface area contributed by atoms with Crippen LogP contribution in [0, 0.1) is 11.6 Å². The molecule has 1 N–H and O–H groups in total. The van der Waals surface area contributed by atoms with Gasteiger partial charge in [-0.05, 0) is 18.2 Å². The number of nitrogens with one attached hydrogen (secondary N) is 1. The number of carbonyl (C=O) groups is 1. The van der Waals surface area contributed by atoms with E-state index in [9.17, 15) is 22.4 Å². The van der Waals surface area contributed by atoms with Gasteiger partial charge in [-0.25, -0.2) is 8.78 Å². The summed E-state index contributed by atoms with van der Waals surface area (Å²) < 4.78 is 55.4. The van der Waals surface area contributed by atoms with E-state index in [1.165, 1.54) is 30.3 Å². The van der Waals surface area contributed by atoms with E-state index in [-0.39, 0.29) is 28.5 Å². The number of hydrogen-bond donors (Lipinski definition) is 1. The van der Waals surface area contributed by atoms with Gasteiger partial charge in [0, 0.05) is 11.3 Å². The average molecular weight is 359 g/mol. The van der Waals surface area contributed by atoms with Crippen LogP contribution >= 0.6 is 11.8 Å². The summed E-state index contributed by atoms with van der Waals surface area (Å²) in [7, 11) is 0. The number of thioether (sulfide) groups is 1. The lowest BCUT2D eigenvalue weighted by Crippen LogP contribution is -2.15. The first-order valence-electron chi connectivity index (χ1n) is 6.81. The molecule has 0 saturated heterocycles. The minimum atomic E-state index is -3.01. The molecule has 0 radical (unpaired) electrons. The smallest absolute Gasteiger partial charge is 0.387 e. The van der Waals surface area contributed by atoms with Gasteiger partial charge in [-0.2, -0.15) is 8.78 Å². The average Bonchev–Trinajstić information content (AvgIpc) is 2.53. The summed E-state index contributed by atoms with van der Waals surface area (Å²) in [5.74, 6) is -2.47. The first-order valence-corrected chi connectivity index (χ1v) is 7.97. The Kier molecular flexibility index (Phi) is 6.48. The highest BCUT2D eigenvalue weighted by atomic mass is 32.2. The fourth-order valence-corrected chi connectivity index (χ4v) is 2.67. The van der Waals surface area contributed by atoms with Crippen molar-refractivity contribution in [1.82, 2.24) is 0 Å². The zero-order chi connectivity index (χ0) is 17.5. The maximum atomic E-state index is 13.5. The molecule has 24 heavy (non-hydrogen) atoms. The second-order valence-electron chi connectivity index (χ2n) is 4.63. The summed E-state index contributed by atoms with van der Waals surface area (Å²) in [5.41, 5.74) is 0.259. The Labute approximate surface area is 140 Å². The lowest BCUT2D eigenvalue weighted by molar-refractivity contribution is -0.113. The number of benzene rings is 2. The summed E-state index contributed by atoms with van der Waals surface area (Å²) >= 11 is 1.07. The van der Waals surface area contributed by atoms with Crippen LogP contribution in [-0.2, 0) is 10.5 Å². The predicted octanol–water partition coefficient (Wildman–Crippen LogP) is 4.44. The Morgan fingerprint density at radius 1 is 1.12 bits per heavy atom. The molecule has 2 rings (SSSR count). The maximum Gasteiger partial charge on any atom is 0.387 e. The molecule has 3 nitrogen and oxygen atoms in total. The highest BCUT2D eigenvalue weighted by Crippen LogP contribution is 2.26. The number of carbonyl (C=O) groups excluding carboxylic acids is 1. The minimum Gasteiger partial charge on any atom is -0.433 e. The Morgan fingerprint density at radius 2 is 1.88 bits per heavy atom. The van der Waals surface area contributed by atoms with Gasteiger partial charge in [0.1, 0.15) is 5.75 Å². The van der Waals surface area contributed by atoms with Crippen LogP contribution < -0.4 is 10.1 Å². The van der Waals surface area contributed by atoms with Gasteiger partial charge in [0.2, 0.25) is 5.91 Å². The zero-order valence-corrected chi connectivity index (χ0v) is 13.1. The number of ether oxygens (including phenoxy) is 1. The van der Waals surface area contributed by atoms with Crippen molar-refractivity contribution in [2.24, 2.45) is 0 Å². The van der Waals surface area contributed by atoms with Crippen LogP contribution in [0.15, 0.2) is 42.5 Å². The molecule has 0 atom stereocenters. The zero-order valence-electron chi connectivity index (χ0n) is 12.3. The number of halogens is 4. The third kappa shape index (κ3) is 5.16. The van der Waals surface area contributed by atoms with Crippen molar-refractivity contribution in [3.05, 3.63) is 59.7 Å². The molecule has 0 spiro atoms. The van der Waals surface area contributed by atoms with Crippen LogP contribution in [0.4, 0.5) is 23.2 Å². The molecule has 2 aromatic rings. The van der Waals surface area contributed by atoms with Gasteiger partial charge in [-0.1, -0.05) is 24.3 Å². The molecule has 0 aliphatic rings. The molecule has 8 heteroatoms. The topological polar surface area (TPSA) is 38.3 Å². The summed E-state index contributed by atoms with van der Waals surface area (Å²) in [4.78, 5) is 11.8. The van der Waals surface area contributed by atoms with Crippen LogP contribution in [0.3, 0.4) is 0 Å². The van der Waals surface area contributed by atoms with Crippen molar-refractivity contribution in [3.63, 3.8) is 0 Å². The van der Waals surface area contributed by atoms with E-state index in [1.807, 2.05) is 0 Å². The predicted molar refractivity (Wildman–Crippen MR) is 84.2 cm³/mol. The number of alkyl halides is 2. The summed E-state index contributed by atoms with van der Waals surface area (Å²) in [6.45, 7) is -3.01. The number of amides is 1. The summed E-state index contributed by atoms with van der Waals surface area (Å²) in [6, 6.07) is 9.60. The molecule has 0 aliphatic carbocycles. The van der Waals surface area contributed by atoms with Gasteiger partial charge in [0.05, 0.1) is 11.4 Å². The van der Waals surface area contributed by atoms with E-state index < -0.39 is 24.2 Å². The fourth-order valence-electron chi connectivity index (χ4n) is 1.87. The number of rotatable bonds is 7. The normalized spacial score (nSPS) is 10.7. The maximum absolute atomic E-state index is 13.5. The molecule has 0 unspecified atom stereocenters. The standard InChI is InChI=1S/C16H13F4NO2S/c17-11-5-3-4-10(15(11)18)8-24-9-14(22)21-12-6-1-2-7-13(12)23-16(19)20/h1-7,16H,8-9H2,(H,21,22). The highest BCUT2D eigenvalue weighted by molar-refractivity contribution is 7.99. The molecule has 1 amide bonds. The fraction of sp³-hybridized carbons (Fsp3) is 0.188. The van der Waals surface area contributed by atoms with E-state index >= 15 is 0 Å². The van der Waals surface area contributed by atoms with Crippen LogP contribution in [0.2, 0.25) is 0 Å². The lowest BCUT2D eigenvalue weighted by Gasteiger charge is -2.11. The largest absolute Gasteiger partial charge is 0.433 e. The van der Waals surface area contributed by atoms with E-state index in [1.54, 1.807) is 6.07 Å². The van der Waals surface area contributed by atoms with Crippen molar-refractivity contribution in [2.45, 2.75) is 12.4 Å². The summed E-state index contributed by atoms with van der Waals surface area (Å²) in [6.07, 6.45) is 0. The van der Waals surface area contributed by atoms with Gasteiger partial charge < -0.3 is 10.1 Å². The Morgan fingerprint density at radius 3 is 2.62 bits per heavy atom. The highest BCUT2D eigenvalue weighted by Gasteiger charge is 2.12. The third-order valence-corrected chi connectivity index (χ3v) is 3.88. The molecule has 0 saturated carbocycles. The van der Waals surface area contributed by atoms with Gasteiger partial charge in [-0.3, -0.25) is 4.79 Å². The Hall–Kier alpha value is -2.22. The first-order chi connectivity index (χ1) is 11.5. The van der Waals surface area contributed by atoms with Crippen molar-refractivity contribution in [2.75, 3.05) is 11.1 Å². The van der Waals surface area contributed by atoms with Gasteiger partial charge in [0.25, 0.3) is 0 Å². The van der Waals surface area contributed by atoms with Crippen molar-refractivity contribution in [1.29, 1.82) is 0 Å². The third-order valence-electron chi connectivity index (χ3n) is 2.90. The van der Waals surface area contributed by atoms with Crippen molar-refractivity contribution in [3.8, 4) is 5.75 Å². The molecule has 0 aliphatic heterocycles. The van der Waals surface area contributed by atoms with E-state index in [2.05, 4.69) is 10.1 Å². The molecule has 0 aromatic heterocycles. The quantitative estimate of drug-likeness (QED) is 0.743. The van der Waals surface area contributed by atoms with Crippen LogP contribution in [0.5, 0.6) is 5.75 Å². The Balaban J connectivity index is 1.89. The second-order valence-corrected chi connectivity index (χ2v) is 5.61.